The van der Waals surface area contributed by atoms with Gasteiger partial charge in [0.1, 0.15) is 0 Å². The Morgan fingerprint density at radius 3 is 3.00 bits per heavy atom. The first-order valence-corrected chi connectivity index (χ1v) is 6.33. The molecule has 1 heterocycles. The zero-order chi connectivity index (χ0) is 11.5. The minimum atomic E-state index is -0.0671. The molecule has 1 aromatic rings. The summed E-state index contributed by atoms with van der Waals surface area (Å²) >= 11 is 9.19. The second-order valence-electron chi connectivity index (χ2n) is 3.76. The Balaban J connectivity index is 2.05. The summed E-state index contributed by atoms with van der Waals surface area (Å²) in [6, 6.07) is 5.24. The highest BCUT2D eigenvalue weighted by Gasteiger charge is 2.22. The Morgan fingerprint density at radius 1 is 1.56 bits per heavy atom. The number of halogens is 2. The average Bonchev–Trinajstić information content (AvgIpc) is 2.75. The minimum Gasteiger partial charge on any atom is -0.324 e. The van der Waals surface area contributed by atoms with Crippen LogP contribution in [0.3, 0.4) is 0 Å². The number of rotatable bonds is 2. The maximum Gasteiger partial charge on any atom is 0.241 e. The molecule has 0 spiro atoms. The molecule has 0 radical (unpaired) electrons. The van der Waals surface area contributed by atoms with Crippen LogP contribution in [0.15, 0.2) is 22.7 Å². The molecular formula is C11H12BrClN2O. The largest absolute Gasteiger partial charge is 0.324 e. The van der Waals surface area contributed by atoms with Gasteiger partial charge in [0.2, 0.25) is 5.91 Å². The minimum absolute atomic E-state index is 0.0144. The van der Waals surface area contributed by atoms with E-state index < -0.39 is 0 Å². The van der Waals surface area contributed by atoms with Crippen LogP contribution in [0.2, 0.25) is 5.02 Å². The third-order valence-corrected chi connectivity index (χ3v) is 3.46. The predicted octanol–water partition coefficient (Wildman–Crippen LogP) is 2.79. The quantitative estimate of drug-likeness (QED) is 0.882. The van der Waals surface area contributed by atoms with E-state index in [-0.39, 0.29) is 11.9 Å². The topological polar surface area (TPSA) is 41.1 Å². The lowest BCUT2D eigenvalue weighted by atomic mass is 10.2. The molecule has 0 saturated carbocycles. The molecule has 1 aromatic carbocycles. The summed E-state index contributed by atoms with van der Waals surface area (Å²) in [7, 11) is 0. The van der Waals surface area contributed by atoms with Crippen LogP contribution in [0.5, 0.6) is 0 Å². The van der Waals surface area contributed by atoms with Gasteiger partial charge in [-0.2, -0.15) is 0 Å². The number of amides is 1. The maximum absolute atomic E-state index is 11.8. The molecule has 1 unspecified atom stereocenters. The van der Waals surface area contributed by atoms with Crippen molar-refractivity contribution in [1.82, 2.24) is 5.32 Å². The smallest absolute Gasteiger partial charge is 0.241 e. The molecule has 86 valence electrons. The van der Waals surface area contributed by atoms with E-state index in [4.69, 9.17) is 11.6 Å². The van der Waals surface area contributed by atoms with E-state index in [2.05, 4.69) is 26.6 Å². The van der Waals surface area contributed by atoms with Crippen molar-refractivity contribution >= 4 is 39.1 Å². The first-order chi connectivity index (χ1) is 7.66. The van der Waals surface area contributed by atoms with Crippen LogP contribution in [-0.4, -0.2) is 18.5 Å². The Labute approximate surface area is 108 Å². The van der Waals surface area contributed by atoms with Crippen molar-refractivity contribution in [3.63, 3.8) is 0 Å². The van der Waals surface area contributed by atoms with Gasteiger partial charge in [0.15, 0.2) is 0 Å². The summed E-state index contributed by atoms with van der Waals surface area (Å²) in [6.45, 7) is 0.917. The van der Waals surface area contributed by atoms with Gasteiger partial charge in [-0.05, 0) is 53.5 Å². The van der Waals surface area contributed by atoms with Crippen molar-refractivity contribution in [2.45, 2.75) is 18.9 Å². The van der Waals surface area contributed by atoms with Gasteiger partial charge in [-0.25, -0.2) is 0 Å². The van der Waals surface area contributed by atoms with Crippen LogP contribution in [0, 0.1) is 0 Å². The van der Waals surface area contributed by atoms with E-state index in [0.717, 1.165) is 29.5 Å². The Hall–Kier alpha value is -0.580. The molecule has 1 aliphatic heterocycles. The van der Waals surface area contributed by atoms with Gasteiger partial charge in [-0.15, -0.1) is 0 Å². The van der Waals surface area contributed by atoms with Crippen molar-refractivity contribution in [1.29, 1.82) is 0 Å². The Kier molecular flexibility index (Phi) is 3.84. The van der Waals surface area contributed by atoms with Crippen molar-refractivity contribution in [2.24, 2.45) is 0 Å². The second kappa shape index (κ2) is 5.17. The molecule has 5 heteroatoms. The van der Waals surface area contributed by atoms with E-state index in [1.165, 1.54) is 0 Å². The van der Waals surface area contributed by atoms with Crippen LogP contribution in [0.1, 0.15) is 12.8 Å². The number of anilines is 1. The molecule has 1 fully saturated rings. The van der Waals surface area contributed by atoms with Gasteiger partial charge in [0, 0.05) is 9.50 Å². The molecule has 0 aliphatic carbocycles. The van der Waals surface area contributed by atoms with E-state index in [1.54, 1.807) is 18.2 Å². The summed E-state index contributed by atoms with van der Waals surface area (Å²) in [5.74, 6) is 0.0144. The van der Waals surface area contributed by atoms with E-state index in [1.807, 2.05) is 0 Å². The monoisotopic (exact) mass is 302 g/mol. The van der Waals surface area contributed by atoms with Crippen LogP contribution in [0.25, 0.3) is 0 Å². The normalized spacial score (nSPS) is 19.8. The molecule has 16 heavy (non-hydrogen) atoms. The van der Waals surface area contributed by atoms with Gasteiger partial charge in [-0.3, -0.25) is 4.79 Å². The van der Waals surface area contributed by atoms with E-state index in [0.29, 0.717) is 5.02 Å². The third kappa shape index (κ3) is 2.75. The predicted molar refractivity (Wildman–Crippen MR) is 68.8 cm³/mol. The lowest BCUT2D eigenvalue weighted by molar-refractivity contribution is -0.117. The SMILES string of the molecule is O=C(Nc1ccc(Cl)cc1Br)C1CCCN1. The standard InChI is InChI=1S/C11H12BrClN2O/c12-8-6-7(13)3-4-9(8)15-11(16)10-2-1-5-14-10/h3-4,6,10,14H,1-2,5H2,(H,15,16). The van der Waals surface area contributed by atoms with Crippen molar-refractivity contribution in [2.75, 3.05) is 11.9 Å². The molecule has 0 aromatic heterocycles. The van der Waals surface area contributed by atoms with Crippen LogP contribution in [0.4, 0.5) is 5.69 Å². The highest BCUT2D eigenvalue weighted by molar-refractivity contribution is 9.10. The molecule has 2 rings (SSSR count). The van der Waals surface area contributed by atoms with Gasteiger partial charge in [-0.1, -0.05) is 11.6 Å². The summed E-state index contributed by atoms with van der Waals surface area (Å²) in [5.41, 5.74) is 0.753. The van der Waals surface area contributed by atoms with Crippen molar-refractivity contribution in [3.05, 3.63) is 27.7 Å². The first kappa shape index (κ1) is 11.9. The fraction of sp³-hybridized carbons (Fsp3) is 0.364. The number of benzene rings is 1. The molecule has 3 nitrogen and oxygen atoms in total. The summed E-state index contributed by atoms with van der Waals surface area (Å²) in [6.07, 6.45) is 1.96. The van der Waals surface area contributed by atoms with Gasteiger partial charge >= 0.3 is 0 Å². The number of hydrogen-bond donors (Lipinski definition) is 2. The average molecular weight is 304 g/mol. The molecule has 1 saturated heterocycles. The first-order valence-electron chi connectivity index (χ1n) is 5.16. The van der Waals surface area contributed by atoms with Crippen molar-refractivity contribution in [3.8, 4) is 0 Å². The molecular weight excluding hydrogens is 291 g/mol. The summed E-state index contributed by atoms with van der Waals surface area (Å²) in [4.78, 5) is 11.8. The molecule has 1 aliphatic rings. The number of hydrogen-bond acceptors (Lipinski definition) is 2. The van der Waals surface area contributed by atoms with Crippen LogP contribution < -0.4 is 10.6 Å². The fourth-order valence-electron chi connectivity index (χ4n) is 1.72. The van der Waals surface area contributed by atoms with Crippen molar-refractivity contribution < 1.29 is 4.79 Å². The third-order valence-electron chi connectivity index (χ3n) is 2.57. The number of carbonyl (C=O) groups excluding carboxylic acids is 1. The second-order valence-corrected chi connectivity index (χ2v) is 5.05. The van der Waals surface area contributed by atoms with Gasteiger partial charge in [0.05, 0.1) is 11.7 Å². The highest BCUT2D eigenvalue weighted by Crippen LogP contribution is 2.26. The fourth-order valence-corrected chi connectivity index (χ4v) is 2.50. The zero-order valence-electron chi connectivity index (χ0n) is 8.59. The zero-order valence-corrected chi connectivity index (χ0v) is 10.9. The van der Waals surface area contributed by atoms with Crippen LogP contribution in [-0.2, 0) is 4.79 Å². The number of carbonyl (C=O) groups is 1. The molecule has 1 atom stereocenters. The lowest BCUT2D eigenvalue weighted by Gasteiger charge is -2.12. The molecule has 2 N–H and O–H groups in total. The Bertz CT molecular complexity index is 405. The van der Waals surface area contributed by atoms with Gasteiger partial charge < -0.3 is 10.6 Å². The highest BCUT2D eigenvalue weighted by atomic mass is 79.9. The van der Waals surface area contributed by atoms with E-state index >= 15 is 0 Å². The Morgan fingerprint density at radius 2 is 2.38 bits per heavy atom. The van der Waals surface area contributed by atoms with E-state index in [9.17, 15) is 4.79 Å². The summed E-state index contributed by atoms with van der Waals surface area (Å²) in [5, 5.41) is 6.67. The number of nitrogens with one attached hydrogen (secondary N) is 2. The molecule has 1 amide bonds. The van der Waals surface area contributed by atoms with Crippen LogP contribution >= 0.6 is 27.5 Å². The maximum atomic E-state index is 11.8. The van der Waals surface area contributed by atoms with Gasteiger partial charge in [0.25, 0.3) is 0 Å². The summed E-state index contributed by atoms with van der Waals surface area (Å²) < 4.78 is 0.798. The molecule has 0 bridgehead atoms. The lowest BCUT2D eigenvalue weighted by Crippen LogP contribution is -2.35.